The number of hydrogen-bond donors (Lipinski definition) is 2. The summed E-state index contributed by atoms with van der Waals surface area (Å²) >= 11 is 0. The Hall–Kier alpha value is -2.75. The molecule has 2 aromatic carbocycles. The standard InChI is InChI=1S/C16H16N2O2/c1-13(12-16(19)20)18(15-10-6-3-7-11-15)17-14-8-4-2-5-9-14/h2-12,17H,1H3,(H,19,20). The van der Waals surface area contributed by atoms with Gasteiger partial charge in [-0.3, -0.25) is 10.4 Å². The summed E-state index contributed by atoms with van der Waals surface area (Å²) in [7, 11) is 0. The summed E-state index contributed by atoms with van der Waals surface area (Å²) in [6, 6.07) is 19.2. The molecule has 0 fully saturated rings. The lowest BCUT2D eigenvalue weighted by atomic mass is 10.3. The Labute approximate surface area is 117 Å². The number of aliphatic carboxylic acids is 1. The van der Waals surface area contributed by atoms with Crippen LogP contribution in [0.5, 0.6) is 0 Å². The average Bonchev–Trinajstić information content (AvgIpc) is 2.46. The second kappa shape index (κ2) is 6.43. The van der Waals surface area contributed by atoms with E-state index in [2.05, 4.69) is 5.43 Å². The molecule has 0 amide bonds. The summed E-state index contributed by atoms with van der Waals surface area (Å²) in [4.78, 5) is 10.9. The molecule has 0 saturated heterocycles. The lowest BCUT2D eigenvalue weighted by Gasteiger charge is -2.27. The normalized spacial score (nSPS) is 10.9. The molecule has 0 atom stereocenters. The van der Waals surface area contributed by atoms with E-state index < -0.39 is 5.97 Å². The lowest BCUT2D eigenvalue weighted by molar-refractivity contribution is -0.131. The second-order valence-corrected chi connectivity index (χ2v) is 4.27. The zero-order valence-corrected chi connectivity index (χ0v) is 11.2. The van der Waals surface area contributed by atoms with Crippen LogP contribution >= 0.6 is 0 Å². The first-order valence-corrected chi connectivity index (χ1v) is 6.25. The van der Waals surface area contributed by atoms with E-state index in [1.165, 1.54) is 6.08 Å². The van der Waals surface area contributed by atoms with Crippen molar-refractivity contribution in [3.63, 3.8) is 0 Å². The van der Waals surface area contributed by atoms with Gasteiger partial charge < -0.3 is 5.11 Å². The molecule has 4 nitrogen and oxygen atoms in total. The summed E-state index contributed by atoms with van der Waals surface area (Å²) in [6.07, 6.45) is 1.17. The van der Waals surface area contributed by atoms with Gasteiger partial charge in [0.25, 0.3) is 0 Å². The van der Waals surface area contributed by atoms with Crippen molar-refractivity contribution >= 4 is 17.3 Å². The number of carboxylic acid groups (broad SMARTS) is 1. The SMILES string of the molecule is CC(=CC(=O)O)N(Nc1ccccc1)c1ccccc1. The van der Waals surface area contributed by atoms with Crippen molar-refractivity contribution in [3.05, 3.63) is 72.4 Å². The maximum absolute atomic E-state index is 10.9. The fourth-order valence-corrected chi connectivity index (χ4v) is 1.82. The van der Waals surface area contributed by atoms with E-state index in [1.807, 2.05) is 60.7 Å². The van der Waals surface area contributed by atoms with Gasteiger partial charge in [-0.2, -0.15) is 0 Å². The van der Waals surface area contributed by atoms with E-state index in [0.717, 1.165) is 11.4 Å². The van der Waals surface area contributed by atoms with E-state index in [9.17, 15) is 4.79 Å². The molecule has 2 aromatic rings. The van der Waals surface area contributed by atoms with Crippen molar-refractivity contribution in [1.29, 1.82) is 0 Å². The molecule has 0 aromatic heterocycles. The van der Waals surface area contributed by atoms with Crippen molar-refractivity contribution in [2.45, 2.75) is 6.92 Å². The highest BCUT2D eigenvalue weighted by atomic mass is 16.4. The molecular formula is C16H16N2O2. The Morgan fingerprint density at radius 3 is 2.15 bits per heavy atom. The zero-order chi connectivity index (χ0) is 14.4. The van der Waals surface area contributed by atoms with Gasteiger partial charge in [-0.1, -0.05) is 36.4 Å². The van der Waals surface area contributed by atoms with E-state index in [-0.39, 0.29) is 0 Å². The molecule has 0 bridgehead atoms. The van der Waals surface area contributed by atoms with Crippen molar-refractivity contribution in [1.82, 2.24) is 0 Å². The molecule has 0 aliphatic heterocycles. The summed E-state index contributed by atoms with van der Waals surface area (Å²) < 4.78 is 0. The van der Waals surface area contributed by atoms with Gasteiger partial charge in [0.1, 0.15) is 0 Å². The number of hydrogen-bond acceptors (Lipinski definition) is 3. The van der Waals surface area contributed by atoms with Crippen LogP contribution in [0.15, 0.2) is 72.4 Å². The fourth-order valence-electron chi connectivity index (χ4n) is 1.82. The number of para-hydroxylation sites is 2. The van der Waals surface area contributed by atoms with Crippen LogP contribution in [0, 0.1) is 0 Å². The molecule has 2 N–H and O–H groups in total. The largest absolute Gasteiger partial charge is 0.478 e. The number of anilines is 2. The van der Waals surface area contributed by atoms with E-state index in [1.54, 1.807) is 11.9 Å². The molecular weight excluding hydrogens is 252 g/mol. The second-order valence-electron chi connectivity index (χ2n) is 4.27. The number of carbonyl (C=O) groups is 1. The molecule has 0 saturated carbocycles. The minimum absolute atomic E-state index is 0.590. The molecule has 0 aliphatic carbocycles. The van der Waals surface area contributed by atoms with Crippen LogP contribution < -0.4 is 10.4 Å². The molecule has 0 heterocycles. The predicted octanol–water partition coefficient (Wildman–Crippen LogP) is 3.51. The average molecular weight is 268 g/mol. The maximum Gasteiger partial charge on any atom is 0.330 e. The number of benzene rings is 2. The number of nitrogens with one attached hydrogen (secondary N) is 1. The molecule has 0 spiro atoms. The summed E-state index contributed by atoms with van der Waals surface area (Å²) in [5, 5.41) is 10.7. The molecule has 2 rings (SSSR count). The third kappa shape index (κ3) is 3.62. The van der Waals surface area contributed by atoms with Gasteiger partial charge >= 0.3 is 5.97 Å². The van der Waals surface area contributed by atoms with Crippen molar-refractivity contribution in [3.8, 4) is 0 Å². The topological polar surface area (TPSA) is 52.6 Å². The summed E-state index contributed by atoms with van der Waals surface area (Å²) in [6.45, 7) is 1.75. The van der Waals surface area contributed by atoms with Gasteiger partial charge in [-0.25, -0.2) is 4.79 Å². The predicted molar refractivity (Wildman–Crippen MR) is 80.4 cm³/mol. The van der Waals surface area contributed by atoms with Crippen molar-refractivity contribution < 1.29 is 9.90 Å². The van der Waals surface area contributed by atoms with Crippen molar-refractivity contribution in [2.24, 2.45) is 0 Å². The number of carboxylic acids is 1. The Balaban J connectivity index is 2.32. The highest BCUT2D eigenvalue weighted by Crippen LogP contribution is 2.20. The summed E-state index contributed by atoms with van der Waals surface area (Å²) in [5.74, 6) is -0.974. The number of hydrazine groups is 1. The van der Waals surface area contributed by atoms with Crippen LogP contribution in [0.25, 0.3) is 0 Å². The first kappa shape index (κ1) is 13.7. The number of rotatable bonds is 5. The molecule has 0 aliphatic rings. The Morgan fingerprint density at radius 2 is 1.60 bits per heavy atom. The zero-order valence-electron chi connectivity index (χ0n) is 11.2. The lowest BCUT2D eigenvalue weighted by Crippen LogP contribution is -2.28. The molecule has 0 unspecified atom stereocenters. The molecule has 4 heteroatoms. The van der Waals surface area contributed by atoms with Gasteiger partial charge in [-0.05, 0) is 31.2 Å². The van der Waals surface area contributed by atoms with E-state index in [4.69, 9.17) is 5.11 Å². The number of allylic oxidation sites excluding steroid dienone is 1. The first-order valence-electron chi connectivity index (χ1n) is 6.25. The van der Waals surface area contributed by atoms with Crippen LogP contribution in [0.1, 0.15) is 6.92 Å². The van der Waals surface area contributed by atoms with Crippen molar-refractivity contribution in [2.75, 3.05) is 10.4 Å². The first-order chi connectivity index (χ1) is 9.66. The Kier molecular flexibility index (Phi) is 4.39. The van der Waals surface area contributed by atoms with Crippen LogP contribution in [0.2, 0.25) is 0 Å². The maximum atomic E-state index is 10.9. The highest BCUT2D eigenvalue weighted by molar-refractivity contribution is 5.82. The molecule has 0 radical (unpaired) electrons. The smallest absolute Gasteiger partial charge is 0.330 e. The molecule has 102 valence electrons. The minimum Gasteiger partial charge on any atom is -0.478 e. The fraction of sp³-hybridized carbons (Fsp3) is 0.0625. The third-order valence-electron chi connectivity index (χ3n) is 2.71. The Bertz CT molecular complexity index is 594. The van der Waals surface area contributed by atoms with E-state index >= 15 is 0 Å². The summed E-state index contributed by atoms with van der Waals surface area (Å²) in [5.41, 5.74) is 5.54. The van der Waals surface area contributed by atoms with Crippen LogP contribution in [-0.2, 0) is 4.79 Å². The van der Waals surface area contributed by atoms with Crippen LogP contribution in [0.3, 0.4) is 0 Å². The number of nitrogens with zero attached hydrogens (tertiary/aromatic N) is 1. The Morgan fingerprint density at radius 1 is 1.05 bits per heavy atom. The van der Waals surface area contributed by atoms with Gasteiger partial charge in [0.15, 0.2) is 0 Å². The molecule has 20 heavy (non-hydrogen) atoms. The quantitative estimate of drug-likeness (QED) is 0.643. The van der Waals surface area contributed by atoms with Gasteiger partial charge in [0.2, 0.25) is 0 Å². The van der Waals surface area contributed by atoms with Gasteiger partial charge in [0.05, 0.1) is 11.4 Å². The third-order valence-corrected chi connectivity index (χ3v) is 2.71. The van der Waals surface area contributed by atoms with Gasteiger partial charge in [0, 0.05) is 11.8 Å². The van der Waals surface area contributed by atoms with Crippen LogP contribution in [-0.4, -0.2) is 11.1 Å². The monoisotopic (exact) mass is 268 g/mol. The highest BCUT2D eigenvalue weighted by Gasteiger charge is 2.09. The minimum atomic E-state index is -0.974. The van der Waals surface area contributed by atoms with Gasteiger partial charge in [-0.15, -0.1) is 0 Å². The van der Waals surface area contributed by atoms with E-state index in [0.29, 0.717) is 5.70 Å². The van der Waals surface area contributed by atoms with Crippen LogP contribution in [0.4, 0.5) is 11.4 Å².